The van der Waals surface area contributed by atoms with Gasteiger partial charge in [-0.2, -0.15) is 5.26 Å². The first-order valence-electron chi connectivity index (χ1n) is 8.18. The van der Waals surface area contributed by atoms with Crippen LogP contribution in [0.1, 0.15) is 52.4 Å². The van der Waals surface area contributed by atoms with Crippen molar-refractivity contribution < 1.29 is 4.79 Å². The molecule has 5 nitrogen and oxygen atoms in total. The van der Waals surface area contributed by atoms with Crippen LogP contribution in [0.5, 0.6) is 0 Å². The molecule has 0 bridgehead atoms. The highest BCUT2D eigenvalue weighted by molar-refractivity contribution is 5.76. The molecule has 1 saturated heterocycles. The first-order chi connectivity index (χ1) is 10.0. The minimum Gasteiger partial charge on any atom is -0.369 e. The number of primary amides is 1. The van der Waals surface area contributed by atoms with Gasteiger partial charge in [-0.15, -0.1) is 0 Å². The zero-order chi connectivity index (χ0) is 15.7. The van der Waals surface area contributed by atoms with Crippen LogP contribution in [-0.2, 0) is 4.79 Å². The fraction of sp³-hybridized carbons (Fsp3) is 0.875. The van der Waals surface area contributed by atoms with E-state index in [9.17, 15) is 10.1 Å². The average molecular weight is 294 g/mol. The third-order valence-corrected chi connectivity index (χ3v) is 4.32. The molecule has 0 aromatic heterocycles. The van der Waals surface area contributed by atoms with Crippen LogP contribution in [0.2, 0.25) is 0 Å². The van der Waals surface area contributed by atoms with Crippen LogP contribution in [0.4, 0.5) is 0 Å². The van der Waals surface area contributed by atoms with E-state index in [1.165, 1.54) is 0 Å². The summed E-state index contributed by atoms with van der Waals surface area (Å²) < 4.78 is 0. The number of rotatable bonds is 9. The summed E-state index contributed by atoms with van der Waals surface area (Å²) >= 11 is 0. The standard InChI is InChI=1S/C16H30N4O/c1-3-9-19-16(2,13-17)8-4-5-10-20-11-6-7-14(12-20)15(18)21/h14,19H,3-12H2,1-2H3,(H2,18,21). The highest BCUT2D eigenvalue weighted by Gasteiger charge is 2.24. The van der Waals surface area contributed by atoms with Crippen molar-refractivity contribution in [2.75, 3.05) is 26.2 Å². The Morgan fingerprint density at radius 2 is 2.29 bits per heavy atom. The SMILES string of the molecule is CCCNC(C)(C#N)CCCCN1CCCC(C(N)=O)C1. The highest BCUT2D eigenvalue weighted by Crippen LogP contribution is 2.18. The lowest BCUT2D eigenvalue weighted by Crippen LogP contribution is -2.42. The predicted molar refractivity (Wildman–Crippen MR) is 84.5 cm³/mol. The fourth-order valence-corrected chi connectivity index (χ4v) is 2.89. The van der Waals surface area contributed by atoms with E-state index in [4.69, 9.17) is 5.73 Å². The van der Waals surface area contributed by atoms with Gasteiger partial charge in [0.05, 0.1) is 12.0 Å². The van der Waals surface area contributed by atoms with Gasteiger partial charge in [-0.3, -0.25) is 10.1 Å². The van der Waals surface area contributed by atoms with Gasteiger partial charge in [0, 0.05) is 6.54 Å². The second kappa shape index (κ2) is 9.01. The van der Waals surface area contributed by atoms with Crippen LogP contribution in [0.3, 0.4) is 0 Å². The number of amides is 1. The maximum atomic E-state index is 11.3. The summed E-state index contributed by atoms with van der Waals surface area (Å²) in [7, 11) is 0. The molecule has 3 N–H and O–H groups in total. The number of nitrogens with two attached hydrogens (primary N) is 1. The highest BCUT2D eigenvalue weighted by atomic mass is 16.1. The Balaban J connectivity index is 2.24. The zero-order valence-corrected chi connectivity index (χ0v) is 13.5. The van der Waals surface area contributed by atoms with Gasteiger partial charge in [0.1, 0.15) is 5.54 Å². The number of carbonyl (C=O) groups excluding carboxylic acids is 1. The molecule has 1 aliphatic rings. The van der Waals surface area contributed by atoms with Gasteiger partial charge in [-0.05, 0) is 65.1 Å². The first kappa shape index (κ1) is 17.9. The van der Waals surface area contributed by atoms with Crippen LogP contribution in [0.15, 0.2) is 0 Å². The second-order valence-corrected chi connectivity index (χ2v) is 6.37. The monoisotopic (exact) mass is 294 g/mol. The van der Waals surface area contributed by atoms with Crippen molar-refractivity contribution >= 4 is 5.91 Å². The van der Waals surface area contributed by atoms with Crippen molar-refractivity contribution in [3.8, 4) is 6.07 Å². The molecule has 0 aromatic carbocycles. The molecule has 1 fully saturated rings. The lowest BCUT2D eigenvalue weighted by atomic mass is 9.95. The summed E-state index contributed by atoms with van der Waals surface area (Å²) in [6.07, 6.45) is 5.99. The van der Waals surface area contributed by atoms with E-state index in [0.717, 1.165) is 64.7 Å². The Hall–Kier alpha value is -1.12. The van der Waals surface area contributed by atoms with Crippen molar-refractivity contribution in [3.05, 3.63) is 0 Å². The molecule has 21 heavy (non-hydrogen) atoms. The van der Waals surface area contributed by atoms with E-state index >= 15 is 0 Å². The van der Waals surface area contributed by atoms with Crippen LogP contribution < -0.4 is 11.1 Å². The minimum absolute atomic E-state index is 0.0225. The Morgan fingerprint density at radius 3 is 2.90 bits per heavy atom. The molecule has 0 spiro atoms. The zero-order valence-electron chi connectivity index (χ0n) is 13.5. The molecular formula is C16H30N4O. The molecule has 120 valence electrons. The van der Waals surface area contributed by atoms with E-state index in [-0.39, 0.29) is 11.8 Å². The summed E-state index contributed by atoms with van der Waals surface area (Å²) in [5.41, 5.74) is 4.99. The van der Waals surface area contributed by atoms with Crippen molar-refractivity contribution in [1.29, 1.82) is 5.26 Å². The number of hydrogen-bond donors (Lipinski definition) is 2. The van der Waals surface area contributed by atoms with Gasteiger partial charge in [0.15, 0.2) is 0 Å². The third kappa shape index (κ3) is 6.45. The van der Waals surface area contributed by atoms with Gasteiger partial charge in [0.2, 0.25) is 5.91 Å². The largest absolute Gasteiger partial charge is 0.369 e. The van der Waals surface area contributed by atoms with E-state index in [0.29, 0.717) is 0 Å². The molecule has 0 radical (unpaired) electrons. The fourth-order valence-electron chi connectivity index (χ4n) is 2.89. The number of likely N-dealkylation sites (tertiary alicyclic amines) is 1. The van der Waals surface area contributed by atoms with Crippen molar-refractivity contribution in [2.24, 2.45) is 11.7 Å². The van der Waals surface area contributed by atoms with Gasteiger partial charge >= 0.3 is 0 Å². The maximum absolute atomic E-state index is 11.3. The van der Waals surface area contributed by atoms with Gasteiger partial charge < -0.3 is 10.6 Å². The van der Waals surface area contributed by atoms with Crippen molar-refractivity contribution in [2.45, 2.75) is 57.9 Å². The molecule has 1 aliphatic heterocycles. The Kier molecular flexibility index (Phi) is 7.69. The number of carbonyl (C=O) groups is 1. The maximum Gasteiger partial charge on any atom is 0.221 e. The van der Waals surface area contributed by atoms with E-state index in [1.807, 2.05) is 6.92 Å². The van der Waals surface area contributed by atoms with Gasteiger partial charge in [0.25, 0.3) is 0 Å². The van der Waals surface area contributed by atoms with Crippen molar-refractivity contribution in [3.63, 3.8) is 0 Å². The summed E-state index contributed by atoms with van der Waals surface area (Å²) in [6, 6.07) is 2.39. The Bertz CT molecular complexity index is 366. The summed E-state index contributed by atoms with van der Waals surface area (Å²) in [6.45, 7) is 7.84. The molecule has 2 unspecified atom stereocenters. The minimum atomic E-state index is -0.409. The number of nitrogens with zero attached hydrogens (tertiary/aromatic N) is 2. The van der Waals surface area contributed by atoms with Crippen LogP contribution >= 0.6 is 0 Å². The summed E-state index contributed by atoms with van der Waals surface area (Å²) in [5.74, 6) is -0.144. The predicted octanol–water partition coefficient (Wildman–Crippen LogP) is 1.64. The van der Waals surface area contributed by atoms with E-state index in [1.54, 1.807) is 0 Å². The van der Waals surface area contributed by atoms with Crippen LogP contribution in [0, 0.1) is 17.2 Å². The van der Waals surface area contributed by atoms with Crippen LogP contribution in [0.25, 0.3) is 0 Å². The van der Waals surface area contributed by atoms with E-state index in [2.05, 4.69) is 23.2 Å². The van der Waals surface area contributed by atoms with Crippen LogP contribution in [-0.4, -0.2) is 42.5 Å². The molecule has 1 amide bonds. The Labute approximate surface area is 128 Å². The normalized spacial score (nSPS) is 22.4. The molecule has 2 atom stereocenters. The Morgan fingerprint density at radius 1 is 1.52 bits per heavy atom. The molecule has 5 heteroatoms. The quantitative estimate of drug-likeness (QED) is 0.633. The summed E-state index contributed by atoms with van der Waals surface area (Å²) in [5, 5.41) is 12.6. The number of piperidine rings is 1. The molecule has 0 aromatic rings. The third-order valence-electron chi connectivity index (χ3n) is 4.32. The van der Waals surface area contributed by atoms with Gasteiger partial charge in [-0.25, -0.2) is 0 Å². The number of unbranched alkanes of at least 4 members (excludes halogenated alkanes) is 1. The number of hydrogen-bond acceptors (Lipinski definition) is 4. The molecule has 0 aliphatic carbocycles. The average Bonchev–Trinajstić information content (AvgIpc) is 2.50. The van der Waals surface area contributed by atoms with E-state index < -0.39 is 5.54 Å². The lowest BCUT2D eigenvalue weighted by molar-refractivity contribution is -0.123. The first-order valence-corrected chi connectivity index (χ1v) is 8.18. The topological polar surface area (TPSA) is 82.2 Å². The second-order valence-electron chi connectivity index (χ2n) is 6.37. The summed E-state index contributed by atoms with van der Waals surface area (Å²) in [4.78, 5) is 13.6. The van der Waals surface area contributed by atoms with Crippen molar-refractivity contribution in [1.82, 2.24) is 10.2 Å². The molecule has 1 rings (SSSR count). The number of nitrogens with one attached hydrogen (secondary N) is 1. The lowest BCUT2D eigenvalue weighted by Gasteiger charge is -2.31. The molecule has 0 saturated carbocycles. The van der Waals surface area contributed by atoms with Gasteiger partial charge in [-0.1, -0.05) is 6.92 Å². The molecule has 1 heterocycles. The molecular weight excluding hydrogens is 264 g/mol. The smallest absolute Gasteiger partial charge is 0.221 e. The number of nitriles is 1.